The Labute approximate surface area is 110 Å². The number of methoxy groups -OCH3 is 1. The first-order chi connectivity index (χ1) is 8.59. The number of hydrogen-bond donors (Lipinski definition) is 1. The Hall–Kier alpha value is -0.610. The van der Waals surface area contributed by atoms with Gasteiger partial charge in [-0.05, 0) is 45.1 Å². The zero-order valence-electron chi connectivity index (χ0n) is 11.7. The predicted octanol–water partition coefficient (Wildman–Crippen LogP) is 1.39. The van der Waals surface area contributed by atoms with Gasteiger partial charge >= 0.3 is 0 Å². The van der Waals surface area contributed by atoms with Crippen molar-refractivity contribution in [3.63, 3.8) is 0 Å². The van der Waals surface area contributed by atoms with Gasteiger partial charge in [0.15, 0.2) is 0 Å². The van der Waals surface area contributed by atoms with E-state index in [0.29, 0.717) is 18.4 Å². The van der Waals surface area contributed by atoms with Crippen LogP contribution in [0.1, 0.15) is 39.0 Å². The highest BCUT2D eigenvalue weighted by Crippen LogP contribution is 2.34. The molecule has 1 saturated carbocycles. The molecule has 2 N–H and O–H groups in total. The van der Waals surface area contributed by atoms with Gasteiger partial charge in [0, 0.05) is 26.1 Å². The number of ether oxygens (including phenoxy) is 1. The first-order valence-corrected chi connectivity index (χ1v) is 7.13. The Morgan fingerprint density at radius 2 is 2.22 bits per heavy atom. The standard InChI is InChI=1S/C14H26N2O2/c1-14(18-2)7-4-8-16(10-14)13(17)12-6-3-5-11(12)9-15/h11-12H,3-10,15H2,1-2H3. The van der Waals surface area contributed by atoms with Gasteiger partial charge in [-0.2, -0.15) is 0 Å². The van der Waals surface area contributed by atoms with E-state index in [4.69, 9.17) is 10.5 Å². The number of amides is 1. The smallest absolute Gasteiger partial charge is 0.226 e. The first-order valence-electron chi connectivity index (χ1n) is 7.13. The molecule has 4 nitrogen and oxygen atoms in total. The lowest BCUT2D eigenvalue weighted by atomic mass is 9.90. The number of hydrogen-bond acceptors (Lipinski definition) is 3. The van der Waals surface area contributed by atoms with Gasteiger partial charge < -0.3 is 15.4 Å². The highest BCUT2D eigenvalue weighted by molar-refractivity contribution is 5.79. The van der Waals surface area contributed by atoms with Crippen molar-refractivity contribution in [1.82, 2.24) is 4.90 Å². The lowest BCUT2D eigenvalue weighted by Gasteiger charge is -2.41. The summed E-state index contributed by atoms with van der Waals surface area (Å²) in [7, 11) is 1.74. The third kappa shape index (κ3) is 2.69. The molecule has 3 unspecified atom stereocenters. The van der Waals surface area contributed by atoms with Gasteiger partial charge in [0.25, 0.3) is 0 Å². The number of nitrogens with zero attached hydrogens (tertiary/aromatic N) is 1. The molecular weight excluding hydrogens is 228 g/mol. The van der Waals surface area contributed by atoms with Crippen molar-refractivity contribution in [2.24, 2.45) is 17.6 Å². The van der Waals surface area contributed by atoms with E-state index in [1.165, 1.54) is 0 Å². The van der Waals surface area contributed by atoms with Gasteiger partial charge in [0.05, 0.1) is 5.60 Å². The summed E-state index contributed by atoms with van der Waals surface area (Å²) in [5.41, 5.74) is 5.61. The molecule has 1 aliphatic heterocycles. The summed E-state index contributed by atoms with van der Waals surface area (Å²) < 4.78 is 5.56. The number of carbonyl (C=O) groups is 1. The zero-order valence-corrected chi connectivity index (χ0v) is 11.7. The summed E-state index contributed by atoms with van der Waals surface area (Å²) in [6.07, 6.45) is 5.35. The van der Waals surface area contributed by atoms with E-state index in [1.807, 2.05) is 4.90 Å². The van der Waals surface area contributed by atoms with Crippen LogP contribution in [0.3, 0.4) is 0 Å². The highest BCUT2D eigenvalue weighted by atomic mass is 16.5. The average molecular weight is 254 g/mol. The van der Waals surface area contributed by atoms with Crippen LogP contribution in [0.4, 0.5) is 0 Å². The molecule has 0 spiro atoms. The van der Waals surface area contributed by atoms with Crippen LogP contribution in [0.5, 0.6) is 0 Å². The molecule has 0 aromatic rings. The third-order valence-corrected chi connectivity index (χ3v) is 4.74. The molecule has 4 heteroatoms. The molecule has 2 aliphatic rings. The maximum absolute atomic E-state index is 12.6. The average Bonchev–Trinajstić information content (AvgIpc) is 2.86. The Morgan fingerprint density at radius 1 is 1.44 bits per heavy atom. The normalized spacial score (nSPS) is 36.9. The first kappa shape index (κ1) is 13.8. The molecule has 0 bridgehead atoms. The fourth-order valence-corrected chi connectivity index (χ4v) is 3.44. The van der Waals surface area contributed by atoms with Crippen LogP contribution in [0.2, 0.25) is 0 Å². The molecule has 0 aromatic heterocycles. The van der Waals surface area contributed by atoms with E-state index in [0.717, 1.165) is 45.2 Å². The van der Waals surface area contributed by atoms with Crippen molar-refractivity contribution >= 4 is 5.91 Å². The van der Waals surface area contributed by atoms with Crippen LogP contribution in [0.25, 0.3) is 0 Å². The second-order valence-corrected chi connectivity index (χ2v) is 6.05. The van der Waals surface area contributed by atoms with Crippen molar-refractivity contribution in [3.8, 4) is 0 Å². The lowest BCUT2D eigenvalue weighted by Crippen LogP contribution is -2.51. The van der Waals surface area contributed by atoms with Crippen molar-refractivity contribution in [2.75, 3.05) is 26.7 Å². The Kier molecular flexibility index (Phi) is 4.28. The van der Waals surface area contributed by atoms with Gasteiger partial charge in [-0.3, -0.25) is 4.79 Å². The summed E-state index contributed by atoms with van der Waals surface area (Å²) in [6, 6.07) is 0. The number of rotatable bonds is 3. The van der Waals surface area contributed by atoms with Crippen molar-refractivity contribution in [3.05, 3.63) is 0 Å². The minimum atomic E-state index is -0.162. The van der Waals surface area contributed by atoms with E-state index >= 15 is 0 Å². The van der Waals surface area contributed by atoms with Crippen molar-refractivity contribution < 1.29 is 9.53 Å². The molecule has 18 heavy (non-hydrogen) atoms. The maximum Gasteiger partial charge on any atom is 0.226 e. The van der Waals surface area contributed by atoms with Gasteiger partial charge in [-0.15, -0.1) is 0 Å². The summed E-state index contributed by atoms with van der Waals surface area (Å²) in [4.78, 5) is 14.6. The monoisotopic (exact) mass is 254 g/mol. The minimum Gasteiger partial charge on any atom is -0.377 e. The number of nitrogens with two attached hydrogens (primary N) is 1. The van der Waals surface area contributed by atoms with Gasteiger partial charge in [-0.1, -0.05) is 6.42 Å². The van der Waals surface area contributed by atoms with Crippen molar-refractivity contribution in [2.45, 2.75) is 44.6 Å². The van der Waals surface area contributed by atoms with Crippen LogP contribution in [-0.4, -0.2) is 43.2 Å². The van der Waals surface area contributed by atoms with E-state index in [2.05, 4.69) is 6.92 Å². The lowest BCUT2D eigenvalue weighted by molar-refractivity contribution is -0.144. The second kappa shape index (κ2) is 5.57. The third-order valence-electron chi connectivity index (χ3n) is 4.74. The largest absolute Gasteiger partial charge is 0.377 e. The highest BCUT2D eigenvalue weighted by Gasteiger charge is 2.39. The SMILES string of the molecule is COC1(C)CCCN(C(=O)C2CCCC2CN)C1. The summed E-state index contributed by atoms with van der Waals surface area (Å²) in [6.45, 7) is 4.36. The molecule has 0 aromatic carbocycles. The fraction of sp³-hybridized carbons (Fsp3) is 0.929. The maximum atomic E-state index is 12.6. The summed E-state index contributed by atoms with van der Waals surface area (Å²) in [5, 5.41) is 0. The Balaban J connectivity index is 2.00. The predicted molar refractivity (Wildman–Crippen MR) is 71.1 cm³/mol. The Bertz CT molecular complexity index is 308. The minimum absolute atomic E-state index is 0.161. The second-order valence-electron chi connectivity index (χ2n) is 6.05. The van der Waals surface area contributed by atoms with Crippen LogP contribution in [0.15, 0.2) is 0 Å². The van der Waals surface area contributed by atoms with Crippen molar-refractivity contribution in [1.29, 1.82) is 0 Å². The number of carbonyl (C=O) groups excluding carboxylic acids is 1. The molecule has 104 valence electrons. The number of piperidine rings is 1. The molecule has 2 rings (SSSR count). The van der Waals surface area contributed by atoms with E-state index in [-0.39, 0.29) is 11.5 Å². The number of likely N-dealkylation sites (tertiary alicyclic amines) is 1. The quantitative estimate of drug-likeness (QED) is 0.828. The molecule has 3 atom stereocenters. The van der Waals surface area contributed by atoms with E-state index in [1.54, 1.807) is 7.11 Å². The van der Waals surface area contributed by atoms with Crippen LogP contribution >= 0.6 is 0 Å². The molecule has 0 radical (unpaired) electrons. The molecular formula is C14H26N2O2. The molecule has 1 saturated heterocycles. The van der Waals surface area contributed by atoms with Crippen LogP contribution in [-0.2, 0) is 9.53 Å². The van der Waals surface area contributed by atoms with E-state index < -0.39 is 0 Å². The molecule has 1 aliphatic carbocycles. The van der Waals surface area contributed by atoms with Gasteiger partial charge in [-0.25, -0.2) is 0 Å². The van der Waals surface area contributed by atoms with Crippen LogP contribution < -0.4 is 5.73 Å². The van der Waals surface area contributed by atoms with Gasteiger partial charge in [0.1, 0.15) is 0 Å². The van der Waals surface area contributed by atoms with Gasteiger partial charge in [0.2, 0.25) is 5.91 Å². The zero-order chi connectivity index (χ0) is 13.2. The van der Waals surface area contributed by atoms with Crippen LogP contribution in [0, 0.1) is 11.8 Å². The summed E-state index contributed by atoms with van der Waals surface area (Å²) >= 11 is 0. The Morgan fingerprint density at radius 3 is 2.89 bits per heavy atom. The molecule has 1 amide bonds. The fourth-order valence-electron chi connectivity index (χ4n) is 3.44. The topological polar surface area (TPSA) is 55.6 Å². The molecule has 1 heterocycles. The van der Waals surface area contributed by atoms with E-state index in [9.17, 15) is 4.79 Å². The molecule has 2 fully saturated rings. The summed E-state index contributed by atoms with van der Waals surface area (Å²) in [5.74, 6) is 0.869.